The van der Waals surface area contributed by atoms with Crippen molar-refractivity contribution in [2.24, 2.45) is 0 Å². The number of aryl methyl sites for hydroxylation is 2. The zero-order chi connectivity index (χ0) is 16.3. The van der Waals surface area contributed by atoms with Crippen molar-refractivity contribution in [3.63, 3.8) is 0 Å². The van der Waals surface area contributed by atoms with E-state index in [1.165, 1.54) is 14.2 Å². The van der Waals surface area contributed by atoms with Crippen molar-refractivity contribution in [1.82, 2.24) is 15.0 Å². The molecule has 2 aromatic heterocycles. The molecule has 0 aliphatic carbocycles. The molecule has 0 aliphatic heterocycles. The molecule has 2 rings (SSSR count). The van der Waals surface area contributed by atoms with E-state index in [0.29, 0.717) is 35.4 Å². The van der Waals surface area contributed by atoms with Crippen LogP contribution in [0.25, 0.3) is 0 Å². The zero-order valence-corrected chi connectivity index (χ0v) is 13.4. The molecule has 0 spiro atoms. The van der Waals surface area contributed by atoms with Crippen molar-refractivity contribution in [3.05, 3.63) is 39.4 Å². The van der Waals surface area contributed by atoms with Gasteiger partial charge in [0.05, 0.1) is 19.9 Å². The highest BCUT2D eigenvalue weighted by atomic mass is 16.5. The number of ether oxygens (including phenoxy) is 2. The molecule has 0 aliphatic rings. The van der Waals surface area contributed by atoms with Crippen molar-refractivity contribution < 1.29 is 9.47 Å². The summed E-state index contributed by atoms with van der Waals surface area (Å²) in [7, 11) is 4.87. The minimum absolute atomic E-state index is 0.122. The highest BCUT2D eigenvalue weighted by Gasteiger charge is 2.13. The lowest BCUT2D eigenvalue weighted by atomic mass is 10.2. The molecule has 0 fully saturated rings. The summed E-state index contributed by atoms with van der Waals surface area (Å²) in [5.41, 5.74) is 1.98. The predicted octanol–water partition coefficient (Wildman–Crippen LogP) is 1.44. The largest absolute Gasteiger partial charge is 0.491 e. The topological polar surface area (TPSA) is 80.3 Å². The van der Waals surface area contributed by atoms with E-state index in [1.54, 1.807) is 13.1 Å². The van der Waals surface area contributed by atoms with Gasteiger partial charge in [0.25, 0.3) is 0 Å². The van der Waals surface area contributed by atoms with Crippen LogP contribution < -0.4 is 19.8 Å². The smallest absolute Gasteiger partial charge is 0.318 e. The first kappa shape index (κ1) is 15.8. The van der Waals surface area contributed by atoms with Gasteiger partial charge in [-0.2, -0.15) is 4.98 Å². The summed E-state index contributed by atoms with van der Waals surface area (Å²) in [4.78, 5) is 25.7. The van der Waals surface area contributed by atoms with Crippen molar-refractivity contribution in [2.45, 2.75) is 20.4 Å². The Morgan fingerprint density at radius 3 is 2.59 bits per heavy atom. The van der Waals surface area contributed by atoms with Gasteiger partial charge in [-0.25, -0.2) is 4.98 Å². The summed E-state index contributed by atoms with van der Waals surface area (Å²) >= 11 is 0. The maximum atomic E-state index is 12.3. The maximum absolute atomic E-state index is 12.3. The fourth-order valence-corrected chi connectivity index (χ4v) is 2.15. The minimum Gasteiger partial charge on any atom is -0.491 e. The number of pyridine rings is 1. The third-order valence-electron chi connectivity index (χ3n) is 3.31. The molecule has 0 bridgehead atoms. The number of hydrogen-bond donors (Lipinski definition) is 1. The quantitative estimate of drug-likeness (QED) is 0.900. The Hall–Kier alpha value is -2.57. The molecule has 2 aromatic rings. The first-order valence-electron chi connectivity index (χ1n) is 6.82. The van der Waals surface area contributed by atoms with Crippen LogP contribution in [0, 0.1) is 13.8 Å². The number of hydrogen-bond acceptors (Lipinski definition) is 6. The fourth-order valence-electron chi connectivity index (χ4n) is 2.15. The van der Waals surface area contributed by atoms with Gasteiger partial charge in [0.2, 0.25) is 5.43 Å². The molecule has 7 nitrogen and oxygen atoms in total. The lowest BCUT2D eigenvalue weighted by Gasteiger charge is -2.19. The molecule has 0 atom stereocenters. The van der Waals surface area contributed by atoms with E-state index in [0.717, 1.165) is 5.69 Å². The Morgan fingerprint density at radius 1 is 1.23 bits per heavy atom. The molecule has 22 heavy (non-hydrogen) atoms. The van der Waals surface area contributed by atoms with E-state index in [4.69, 9.17) is 9.47 Å². The van der Waals surface area contributed by atoms with E-state index in [-0.39, 0.29) is 5.43 Å². The Bertz CT molecular complexity index is 727. The van der Waals surface area contributed by atoms with Gasteiger partial charge in [-0.05, 0) is 13.8 Å². The van der Waals surface area contributed by atoms with Crippen molar-refractivity contribution in [1.29, 1.82) is 0 Å². The molecule has 0 saturated heterocycles. The number of anilines is 1. The lowest BCUT2D eigenvalue weighted by molar-refractivity contribution is 0.378. The average molecular weight is 304 g/mol. The summed E-state index contributed by atoms with van der Waals surface area (Å²) in [6, 6.07) is 2.14. The number of methoxy groups -OCH3 is 2. The Kier molecular flexibility index (Phi) is 4.65. The van der Waals surface area contributed by atoms with Crippen LogP contribution in [0.1, 0.15) is 17.0 Å². The van der Waals surface area contributed by atoms with Gasteiger partial charge in [0.1, 0.15) is 5.82 Å². The van der Waals surface area contributed by atoms with Crippen molar-refractivity contribution in [2.75, 3.05) is 26.2 Å². The van der Waals surface area contributed by atoms with Crippen LogP contribution in [0.5, 0.6) is 11.8 Å². The van der Waals surface area contributed by atoms with Gasteiger partial charge in [-0.15, -0.1) is 0 Å². The highest BCUT2D eigenvalue weighted by Crippen LogP contribution is 2.17. The van der Waals surface area contributed by atoms with Crippen LogP contribution in [0.2, 0.25) is 0 Å². The third kappa shape index (κ3) is 3.19. The minimum atomic E-state index is -0.122. The molecule has 0 aromatic carbocycles. The number of nitrogens with one attached hydrogen (secondary N) is 1. The van der Waals surface area contributed by atoms with Gasteiger partial charge < -0.3 is 19.4 Å². The normalized spacial score (nSPS) is 10.4. The Labute approximate surface area is 128 Å². The van der Waals surface area contributed by atoms with E-state index in [2.05, 4.69) is 15.0 Å². The standard InChI is InChI=1S/C15H20N4O3/c1-9-6-12(18-15(17-9)22-5)19(3)8-11-7-16-10(2)14(21-4)13(11)20/h6-7H,8H2,1-5H3,(H,16,20). The van der Waals surface area contributed by atoms with Crippen LogP contribution in [-0.2, 0) is 6.54 Å². The summed E-state index contributed by atoms with van der Waals surface area (Å²) in [6.45, 7) is 4.06. The fraction of sp³-hybridized carbons (Fsp3) is 0.400. The van der Waals surface area contributed by atoms with Crippen LogP contribution in [-0.4, -0.2) is 36.2 Å². The molecule has 0 saturated carbocycles. The molecule has 0 amide bonds. The van der Waals surface area contributed by atoms with Gasteiger partial charge in [-0.1, -0.05) is 0 Å². The van der Waals surface area contributed by atoms with E-state index >= 15 is 0 Å². The third-order valence-corrected chi connectivity index (χ3v) is 3.31. The summed E-state index contributed by atoms with van der Waals surface area (Å²) in [5.74, 6) is 1.02. The molecular weight excluding hydrogens is 284 g/mol. The summed E-state index contributed by atoms with van der Waals surface area (Å²) in [5, 5.41) is 0. The number of nitrogens with zero attached hydrogens (tertiary/aromatic N) is 3. The first-order valence-corrected chi connectivity index (χ1v) is 6.82. The lowest BCUT2D eigenvalue weighted by Crippen LogP contribution is -2.24. The number of H-pyrrole nitrogens is 1. The Morgan fingerprint density at radius 2 is 1.95 bits per heavy atom. The second-order valence-corrected chi connectivity index (χ2v) is 5.01. The number of aromatic amines is 1. The zero-order valence-electron chi connectivity index (χ0n) is 13.4. The van der Waals surface area contributed by atoms with Gasteiger partial charge >= 0.3 is 6.01 Å². The van der Waals surface area contributed by atoms with Crippen LogP contribution in [0.4, 0.5) is 5.82 Å². The SMILES string of the molecule is COc1nc(C)cc(N(C)Cc2c[nH]c(C)c(OC)c2=O)n1. The molecule has 0 radical (unpaired) electrons. The highest BCUT2D eigenvalue weighted by molar-refractivity contribution is 5.41. The van der Waals surface area contributed by atoms with E-state index in [1.807, 2.05) is 24.9 Å². The van der Waals surface area contributed by atoms with Gasteiger partial charge in [0, 0.05) is 37.1 Å². The van der Waals surface area contributed by atoms with Gasteiger partial charge in [0.15, 0.2) is 5.75 Å². The predicted molar refractivity (Wildman–Crippen MR) is 83.8 cm³/mol. The second kappa shape index (κ2) is 6.46. The van der Waals surface area contributed by atoms with Gasteiger partial charge in [-0.3, -0.25) is 4.79 Å². The molecular formula is C15H20N4O3. The first-order chi connectivity index (χ1) is 10.5. The number of rotatable bonds is 5. The molecule has 7 heteroatoms. The summed E-state index contributed by atoms with van der Waals surface area (Å²) in [6.07, 6.45) is 1.70. The van der Waals surface area contributed by atoms with Crippen LogP contribution in [0.3, 0.4) is 0 Å². The molecule has 1 N–H and O–H groups in total. The monoisotopic (exact) mass is 304 g/mol. The Balaban J connectivity index is 2.31. The average Bonchev–Trinajstić information content (AvgIpc) is 2.50. The second-order valence-electron chi connectivity index (χ2n) is 5.01. The summed E-state index contributed by atoms with van der Waals surface area (Å²) < 4.78 is 10.2. The van der Waals surface area contributed by atoms with E-state index in [9.17, 15) is 4.79 Å². The molecule has 2 heterocycles. The number of aromatic nitrogens is 3. The van der Waals surface area contributed by atoms with Crippen LogP contribution >= 0.6 is 0 Å². The van der Waals surface area contributed by atoms with Crippen molar-refractivity contribution in [3.8, 4) is 11.8 Å². The molecule has 118 valence electrons. The van der Waals surface area contributed by atoms with Crippen molar-refractivity contribution >= 4 is 5.82 Å². The molecule has 0 unspecified atom stereocenters. The van der Waals surface area contributed by atoms with Crippen LogP contribution in [0.15, 0.2) is 17.1 Å². The van der Waals surface area contributed by atoms with E-state index < -0.39 is 0 Å². The maximum Gasteiger partial charge on any atom is 0.318 e.